The highest BCUT2D eigenvalue weighted by Gasteiger charge is 2.27. The quantitative estimate of drug-likeness (QED) is 0.280. The van der Waals surface area contributed by atoms with Crippen LogP contribution in [0, 0.1) is 0 Å². The van der Waals surface area contributed by atoms with Gasteiger partial charge in [-0.2, -0.15) is 0 Å². The number of para-hydroxylation sites is 2. The molecule has 1 aromatic heterocycles. The van der Waals surface area contributed by atoms with Crippen molar-refractivity contribution in [2.45, 2.75) is 16.2 Å². The van der Waals surface area contributed by atoms with Crippen LogP contribution >= 0.6 is 11.8 Å². The van der Waals surface area contributed by atoms with E-state index in [1.54, 1.807) is 34.9 Å². The van der Waals surface area contributed by atoms with Gasteiger partial charge < -0.3 is 9.72 Å². The molecule has 2 heterocycles. The zero-order chi connectivity index (χ0) is 24.5. The molecule has 36 heavy (non-hydrogen) atoms. The van der Waals surface area contributed by atoms with E-state index in [1.165, 1.54) is 0 Å². The molecule has 0 bridgehead atoms. The number of amides is 1. The van der Waals surface area contributed by atoms with Gasteiger partial charge in [-0.05, 0) is 42.5 Å². The molecule has 1 N–H and O–H groups in total. The lowest BCUT2D eigenvalue weighted by molar-refractivity contribution is -0.118. The number of carbonyl (C=O) groups is 2. The van der Waals surface area contributed by atoms with Gasteiger partial charge in [0.1, 0.15) is 12.4 Å². The highest BCUT2D eigenvalue weighted by molar-refractivity contribution is 7.99. The third kappa shape index (κ3) is 4.14. The number of aromatic amines is 1. The zero-order valence-corrected chi connectivity index (χ0v) is 20.0. The highest BCUT2D eigenvalue weighted by atomic mass is 32.2. The second kappa shape index (κ2) is 9.36. The van der Waals surface area contributed by atoms with Gasteiger partial charge >= 0.3 is 5.97 Å². The highest BCUT2D eigenvalue weighted by Crippen LogP contribution is 2.48. The number of esters is 1. The van der Waals surface area contributed by atoms with E-state index in [9.17, 15) is 9.59 Å². The van der Waals surface area contributed by atoms with Crippen LogP contribution in [0.2, 0.25) is 0 Å². The Kier molecular flexibility index (Phi) is 5.75. The molecule has 0 saturated heterocycles. The molecule has 0 radical (unpaired) electrons. The summed E-state index contributed by atoms with van der Waals surface area (Å²) in [4.78, 5) is 37.6. The summed E-state index contributed by atoms with van der Waals surface area (Å²) >= 11 is 1.64. The smallest absolute Gasteiger partial charge is 0.338 e. The van der Waals surface area contributed by atoms with Crippen LogP contribution in [-0.2, 0) is 9.53 Å². The van der Waals surface area contributed by atoms with Crippen LogP contribution in [0.15, 0.2) is 107 Å². The number of nitrogens with one attached hydrogen (secondary N) is 1. The summed E-state index contributed by atoms with van der Waals surface area (Å²) in [6.07, 6.45) is 0.0729. The number of hydrogen-bond acceptors (Lipinski definition) is 5. The van der Waals surface area contributed by atoms with E-state index in [0.717, 1.165) is 43.6 Å². The minimum Gasteiger partial charge on any atom is -0.462 e. The molecule has 0 atom stereocenters. The van der Waals surface area contributed by atoms with E-state index in [-0.39, 0.29) is 18.9 Å². The van der Waals surface area contributed by atoms with Crippen LogP contribution in [-0.4, -0.2) is 28.5 Å². The van der Waals surface area contributed by atoms with Gasteiger partial charge in [-0.15, -0.1) is 0 Å². The van der Waals surface area contributed by atoms with Crippen LogP contribution in [0.1, 0.15) is 16.8 Å². The summed E-state index contributed by atoms with van der Waals surface area (Å²) in [5.41, 5.74) is 4.58. The second-order valence-electron chi connectivity index (χ2n) is 8.34. The fraction of sp³-hybridized carbons (Fsp3) is 0.0690. The second-order valence-corrected chi connectivity index (χ2v) is 9.42. The SMILES string of the molecule is O=C(OCCC(=O)N1c2ccccc2Sc2ccccc21)c1ccc2nc(-c3ccccc3)[nH]c2c1. The molecule has 1 aliphatic rings. The Labute approximate surface area is 211 Å². The van der Waals surface area contributed by atoms with Crippen molar-refractivity contribution < 1.29 is 14.3 Å². The molecule has 0 unspecified atom stereocenters. The fourth-order valence-corrected chi connectivity index (χ4v) is 5.33. The molecule has 176 valence electrons. The number of benzene rings is 4. The minimum atomic E-state index is -0.476. The summed E-state index contributed by atoms with van der Waals surface area (Å²) in [5, 5.41) is 0. The molecule has 0 fully saturated rings. The molecule has 6 nitrogen and oxygen atoms in total. The summed E-state index contributed by atoms with van der Waals surface area (Å²) < 4.78 is 5.48. The van der Waals surface area contributed by atoms with Crippen molar-refractivity contribution in [3.05, 3.63) is 103 Å². The molecular weight excluding hydrogens is 470 g/mol. The van der Waals surface area contributed by atoms with Gasteiger partial charge in [0.2, 0.25) is 5.91 Å². The average Bonchev–Trinajstić information content (AvgIpc) is 3.35. The lowest BCUT2D eigenvalue weighted by atomic mass is 10.2. The van der Waals surface area contributed by atoms with Gasteiger partial charge in [-0.3, -0.25) is 9.69 Å². The first-order chi connectivity index (χ1) is 17.7. The van der Waals surface area contributed by atoms with Crippen LogP contribution < -0.4 is 4.90 Å². The maximum absolute atomic E-state index is 13.3. The van der Waals surface area contributed by atoms with Gasteiger partial charge in [-0.25, -0.2) is 9.78 Å². The summed E-state index contributed by atoms with van der Waals surface area (Å²) in [6.45, 7) is -0.0120. The molecule has 4 aromatic carbocycles. The van der Waals surface area contributed by atoms with Gasteiger partial charge in [-0.1, -0.05) is 66.4 Å². The number of aromatic nitrogens is 2. The van der Waals surface area contributed by atoms with Crippen molar-refractivity contribution in [1.82, 2.24) is 9.97 Å². The summed E-state index contributed by atoms with van der Waals surface area (Å²) in [6, 6.07) is 30.7. The van der Waals surface area contributed by atoms with Crippen molar-refractivity contribution in [2.75, 3.05) is 11.5 Å². The molecule has 7 heteroatoms. The Morgan fingerprint density at radius 1 is 0.833 bits per heavy atom. The maximum atomic E-state index is 13.3. The van der Waals surface area contributed by atoms with E-state index in [2.05, 4.69) is 9.97 Å². The molecular formula is C29H21N3O3S. The summed E-state index contributed by atoms with van der Waals surface area (Å²) in [7, 11) is 0. The molecule has 0 aliphatic carbocycles. The van der Waals surface area contributed by atoms with Crippen LogP contribution in [0.25, 0.3) is 22.4 Å². The van der Waals surface area contributed by atoms with Crippen molar-refractivity contribution >= 4 is 46.0 Å². The third-order valence-electron chi connectivity index (χ3n) is 6.00. The van der Waals surface area contributed by atoms with Crippen molar-refractivity contribution in [3.63, 3.8) is 0 Å². The Hall–Kier alpha value is -4.36. The molecule has 5 aromatic rings. The average molecular weight is 492 g/mol. The van der Waals surface area contributed by atoms with E-state index < -0.39 is 5.97 Å². The van der Waals surface area contributed by atoms with Crippen LogP contribution in [0.4, 0.5) is 11.4 Å². The van der Waals surface area contributed by atoms with Crippen molar-refractivity contribution in [1.29, 1.82) is 0 Å². The van der Waals surface area contributed by atoms with Gasteiger partial charge in [0.15, 0.2) is 0 Å². The molecule has 6 rings (SSSR count). The number of H-pyrrole nitrogens is 1. The number of carbonyl (C=O) groups excluding carboxylic acids is 2. The lowest BCUT2D eigenvalue weighted by Crippen LogP contribution is -2.29. The number of nitrogens with zero attached hydrogens (tertiary/aromatic N) is 2. The number of fused-ring (bicyclic) bond motifs is 3. The Morgan fingerprint density at radius 2 is 1.50 bits per heavy atom. The summed E-state index contributed by atoms with van der Waals surface area (Å²) in [5.74, 6) is 0.136. The van der Waals surface area contributed by atoms with Gasteiger partial charge in [0.25, 0.3) is 0 Å². The standard InChI is InChI=1S/C29H21N3O3S/c33-27(32-23-10-4-6-12-25(23)36-26-13-7-5-11-24(26)32)16-17-35-29(34)20-14-15-21-22(18-20)31-28(30-21)19-8-2-1-3-9-19/h1-15,18H,16-17H2,(H,30,31). The number of ether oxygens (including phenoxy) is 1. The minimum absolute atomic E-state index is 0.0120. The Bertz CT molecular complexity index is 1550. The van der Waals surface area contributed by atoms with E-state index in [1.807, 2.05) is 78.9 Å². The largest absolute Gasteiger partial charge is 0.462 e. The molecule has 0 spiro atoms. The fourth-order valence-electron chi connectivity index (χ4n) is 4.27. The first-order valence-corrected chi connectivity index (χ1v) is 12.4. The molecule has 1 amide bonds. The Morgan fingerprint density at radius 3 is 2.22 bits per heavy atom. The van der Waals surface area contributed by atoms with Gasteiger partial charge in [0.05, 0.1) is 34.4 Å². The number of anilines is 2. The normalized spacial score (nSPS) is 12.2. The molecule has 0 saturated carbocycles. The monoisotopic (exact) mass is 491 g/mol. The molecule has 1 aliphatic heterocycles. The van der Waals surface area contributed by atoms with Crippen LogP contribution in [0.5, 0.6) is 0 Å². The van der Waals surface area contributed by atoms with E-state index in [4.69, 9.17) is 4.74 Å². The Balaban J connectivity index is 1.15. The van der Waals surface area contributed by atoms with E-state index in [0.29, 0.717) is 5.56 Å². The van der Waals surface area contributed by atoms with Crippen LogP contribution in [0.3, 0.4) is 0 Å². The first kappa shape index (κ1) is 22.1. The maximum Gasteiger partial charge on any atom is 0.338 e. The topological polar surface area (TPSA) is 75.3 Å². The van der Waals surface area contributed by atoms with Crippen molar-refractivity contribution in [2.24, 2.45) is 0 Å². The first-order valence-electron chi connectivity index (χ1n) is 11.6. The lowest BCUT2D eigenvalue weighted by Gasteiger charge is -2.31. The predicted octanol–water partition coefficient (Wildman–Crippen LogP) is 6.61. The number of hydrogen-bond donors (Lipinski definition) is 1. The third-order valence-corrected chi connectivity index (χ3v) is 7.13. The zero-order valence-electron chi connectivity index (χ0n) is 19.2. The van der Waals surface area contributed by atoms with Crippen molar-refractivity contribution in [3.8, 4) is 11.4 Å². The van der Waals surface area contributed by atoms with Gasteiger partial charge in [0, 0.05) is 15.4 Å². The number of imidazole rings is 1. The number of rotatable bonds is 5. The predicted molar refractivity (Wildman–Crippen MR) is 141 cm³/mol. The van der Waals surface area contributed by atoms with E-state index >= 15 is 0 Å².